The molecule has 3 aromatic rings. The zero-order valence-corrected chi connectivity index (χ0v) is 20.8. The van der Waals surface area contributed by atoms with Crippen LogP contribution in [0, 0.1) is 29.4 Å². The van der Waals surface area contributed by atoms with Gasteiger partial charge in [0.2, 0.25) is 11.9 Å². The Bertz CT molecular complexity index is 1550. The van der Waals surface area contributed by atoms with E-state index >= 15 is 0 Å². The molecule has 0 spiro atoms. The van der Waals surface area contributed by atoms with E-state index in [0.29, 0.717) is 32.1 Å². The van der Waals surface area contributed by atoms with Crippen molar-refractivity contribution in [2.75, 3.05) is 31.1 Å². The summed E-state index contributed by atoms with van der Waals surface area (Å²) >= 11 is 0. The SMILES string of the molecule is CC#CCn1c(N2CCN(C(=O)C3CCC3)CC2)nc2c1c(=O)n(Cc1ccc(F)c(F)c1)c(=O)n2C. The third kappa shape index (κ3) is 4.41. The molecule has 3 heterocycles. The Hall–Kier alpha value is -3.94. The highest BCUT2D eigenvalue weighted by atomic mass is 19.2. The fraction of sp³-hybridized carbons (Fsp3) is 0.462. The van der Waals surface area contributed by atoms with Crippen molar-refractivity contribution in [3.63, 3.8) is 0 Å². The highest BCUT2D eigenvalue weighted by Crippen LogP contribution is 2.29. The highest BCUT2D eigenvalue weighted by molar-refractivity contribution is 5.80. The van der Waals surface area contributed by atoms with Crippen LogP contribution in [0.1, 0.15) is 31.7 Å². The number of aromatic nitrogens is 4. The Kier molecular flexibility index (Phi) is 6.58. The molecule has 0 unspecified atom stereocenters. The van der Waals surface area contributed by atoms with Crippen molar-refractivity contribution in [3.8, 4) is 11.8 Å². The number of hydrogen-bond donors (Lipinski definition) is 0. The maximum absolute atomic E-state index is 13.8. The number of nitrogens with zero attached hydrogens (tertiary/aromatic N) is 6. The summed E-state index contributed by atoms with van der Waals surface area (Å²) in [5.41, 5.74) is -0.494. The molecule has 1 amide bonds. The van der Waals surface area contributed by atoms with E-state index in [2.05, 4.69) is 16.8 Å². The minimum atomic E-state index is -1.05. The maximum atomic E-state index is 13.8. The van der Waals surface area contributed by atoms with Crippen LogP contribution in [-0.4, -0.2) is 55.7 Å². The molecule has 1 saturated carbocycles. The van der Waals surface area contributed by atoms with Crippen LogP contribution in [0.2, 0.25) is 0 Å². The molecule has 2 aromatic heterocycles. The Morgan fingerprint density at radius 1 is 1.08 bits per heavy atom. The molecule has 1 aliphatic heterocycles. The van der Waals surface area contributed by atoms with Crippen molar-refractivity contribution in [2.45, 2.75) is 39.3 Å². The zero-order valence-electron chi connectivity index (χ0n) is 20.8. The molecule has 0 N–H and O–H groups in total. The standard InChI is InChI=1S/C26H28F2N6O3/c1-3-4-10-33-21-22(29-25(33)32-13-11-31(12-14-32)23(35)18-6-5-7-18)30(2)26(37)34(24(21)36)16-17-8-9-19(27)20(28)15-17/h8-9,15,18H,5-7,10-14,16H2,1-2H3. The summed E-state index contributed by atoms with van der Waals surface area (Å²) in [7, 11) is 1.52. The van der Waals surface area contributed by atoms with E-state index in [1.807, 2.05) is 9.80 Å². The largest absolute Gasteiger partial charge is 0.339 e. The van der Waals surface area contributed by atoms with Crippen molar-refractivity contribution in [1.82, 2.24) is 23.6 Å². The molecule has 1 saturated heterocycles. The van der Waals surface area contributed by atoms with Gasteiger partial charge in [-0.05, 0) is 37.5 Å². The van der Waals surface area contributed by atoms with Crippen LogP contribution >= 0.6 is 0 Å². The number of hydrogen-bond acceptors (Lipinski definition) is 5. The normalized spacial score (nSPS) is 16.0. The Labute approximate surface area is 211 Å². The summed E-state index contributed by atoms with van der Waals surface area (Å²) in [6, 6.07) is 3.28. The summed E-state index contributed by atoms with van der Waals surface area (Å²) in [6.45, 7) is 3.84. The van der Waals surface area contributed by atoms with Gasteiger partial charge in [-0.3, -0.25) is 23.3 Å². The van der Waals surface area contributed by atoms with Crippen molar-refractivity contribution in [1.29, 1.82) is 0 Å². The lowest BCUT2D eigenvalue weighted by molar-refractivity contribution is -0.138. The molecule has 1 aliphatic carbocycles. The third-order valence-corrected chi connectivity index (χ3v) is 7.28. The summed E-state index contributed by atoms with van der Waals surface area (Å²) < 4.78 is 31.1. The van der Waals surface area contributed by atoms with E-state index < -0.39 is 22.9 Å². The van der Waals surface area contributed by atoms with Crippen LogP contribution in [0.4, 0.5) is 14.7 Å². The lowest BCUT2D eigenvalue weighted by Crippen LogP contribution is -2.51. The monoisotopic (exact) mass is 510 g/mol. The van der Waals surface area contributed by atoms with Gasteiger partial charge in [-0.25, -0.2) is 13.6 Å². The predicted molar refractivity (Wildman–Crippen MR) is 134 cm³/mol. The lowest BCUT2D eigenvalue weighted by atomic mass is 9.84. The van der Waals surface area contributed by atoms with Gasteiger partial charge in [0.1, 0.15) is 0 Å². The number of imidazole rings is 1. The van der Waals surface area contributed by atoms with E-state index in [-0.39, 0.29) is 41.6 Å². The summed E-state index contributed by atoms with van der Waals surface area (Å²) in [5.74, 6) is 4.61. The maximum Gasteiger partial charge on any atom is 0.332 e. The van der Waals surface area contributed by atoms with Gasteiger partial charge in [-0.1, -0.05) is 18.4 Å². The Balaban J connectivity index is 1.53. The Morgan fingerprint density at radius 2 is 1.81 bits per heavy atom. The minimum absolute atomic E-state index is 0.138. The van der Waals surface area contributed by atoms with Crippen molar-refractivity contribution in [3.05, 3.63) is 56.2 Å². The number of aryl methyl sites for hydroxylation is 1. The van der Waals surface area contributed by atoms with Crippen molar-refractivity contribution in [2.24, 2.45) is 13.0 Å². The third-order valence-electron chi connectivity index (χ3n) is 7.28. The van der Waals surface area contributed by atoms with Gasteiger partial charge in [0, 0.05) is 39.1 Å². The second-order valence-electron chi connectivity index (χ2n) is 9.52. The highest BCUT2D eigenvalue weighted by Gasteiger charge is 2.32. The summed E-state index contributed by atoms with van der Waals surface area (Å²) in [4.78, 5) is 47.9. The predicted octanol–water partition coefficient (Wildman–Crippen LogP) is 1.70. The number of amides is 1. The fourth-order valence-corrected chi connectivity index (χ4v) is 4.91. The number of carbonyl (C=O) groups excluding carboxylic acids is 1. The van der Waals surface area contributed by atoms with E-state index in [1.165, 1.54) is 17.7 Å². The van der Waals surface area contributed by atoms with Crippen LogP contribution in [-0.2, 0) is 24.9 Å². The Morgan fingerprint density at radius 3 is 2.43 bits per heavy atom. The first-order valence-electron chi connectivity index (χ1n) is 12.4. The number of piperazine rings is 1. The van der Waals surface area contributed by atoms with Crippen LogP contribution in [0.15, 0.2) is 27.8 Å². The van der Waals surface area contributed by atoms with Crippen LogP contribution in [0.25, 0.3) is 11.2 Å². The molecule has 0 radical (unpaired) electrons. The van der Waals surface area contributed by atoms with E-state index in [1.54, 1.807) is 11.5 Å². The first-order chi connectivity index (χ1) is 17.8. The molecule has 1 aromatic carbocycles. The summed E-state index contributed by atoms with van der Waals surface area (Å²) in [5, 5.41) is 0. The zero-order chi connectivity index (χ0) is 26.3. The van der Waals surface area contributed by atoms with E-state index in [0.717, 1.165) is 36.0 Å². The second kappa shape index (κ2) is 9.84. The van der Waals surface area contributed by atoms with Gasteiger partial charge in [0.15, 0.2) is 22.8 Å². The fourth-order valence-electron chi connectivity index (χ4n) is 4.91. The van der Waals surface area contributed by atoms with Crippen LogP contribution in [0.5, 0.6) is 0 Å². The number of benzene rings is 1. The molecule has 11 heteroatoms. The molecule has 2 fully saturated rings. The van der Waals surface area contributed by atoms with Crippen LogP contribution in [0.3, 0.4) is 0 Å². The molecular formula is C26H28F2N6O3. The smallest absolute Gasteiger partial charge is 0.332 e. The molecule has 0 atom stereocenters. The topological polar surface area (TPSA) is 85.4 Å². The molecule has 5 rings (SSSR count). The quantitative estimate of drug-likeness (QED) is 0.488. The van der Waals surface area contributed by atoms with Gasteiger partial charge in [-0.15, -0.1) is 5.92 Å². The van der Waals surface area contributed by atoms with Gasteiger partial charge in [0.05, 0.1) is 13.1 Å². The molecule has 9 nitrogen and oxygen atoms in total. The molecule has 0 bridgehead atoms. The average Bonchev–Trinajstić information content (AvgIpc) is 3.25. The van der Waals surface area contributed by atoms with Gasteiger partial charge >= 0.3 is 5.69 Å². The number of rotatable bonds is 5. The first kappa shape index (κ1) is 24.7. The average molecular weight is 511 g/mol. The second-order valence-corrected chi connectivity index (χ2v) is 9.52. The number of fused-ring (bicyclic) bond motifs is 1. The van der Waals surface area contributed by atoms with Crippen molar-refractivity contribution < 1.29 is 13.6 Å². The van der Waals surface area contributed by atoms with Crippen molar-refractivity contribution >= 4 is 23.0 Å². The molecule has 37 heavy (non-hydrogen) atoms. The number of carbonyl (C=O) groups is 1. The molecular weight excluding hydrogens is 482 g/mol. The van der Waals surface area contributed by atoms with Gasteiger partial charge in [-0.2, -0.15) is 4.98 Å². The van der Waals surface area contributed by atoms with E-state index in [4.69, 9.17) is 0 Å². The first-order valence-corrected chi connectivity index (χ1v) is 12.4. The van der Waals surface area contributed by atoms with Gasteiger partial charge in [0.25, 0.3) is 5.56 Å². The van der Waals surface area contributed by atoms with Gasteiger partial charge < -0.3 is 9.80 Å². The number of halogens is 2. The molecule has 194 valence electrons. The lowest BCUT2D eigenvalue weighted by Gasteiger charge is -2.38. The summed E-state index contributed by atoms with van der Waals surface area (Å²) in [6.07, 6.45) is 3.01. The van der Waals surface area contributed by atoms with E-state index in [9.17, 15) is 23.2 Å². The number of anilines is 1. The molecule has 2 aliphatic rings. The van der Waals surface area contributed by atoms with Crippen LogP contribution < -0.4 is 16.1 Å². The minimum Gasteiger partial charge on any atom is -0.339 e.